The Balaban J connectivity index is 2.13. The van der Waals surface area contributed by atoms with E-state index in [1.54, 1.807) is 6.33 Å². The summed E-state index contributed by atoms with van der Waals surface area (Å²) < 4.78 is 3.75. The molecule has 0 aromatic carbocycles. The number of nitrogens with zero attached hydrogens (tertiary/aromatic N) is 5. The Morgan fingerprint density at radius 2 is 2.05 bits per heavy atom. The first kappa shape index (κ1) is 16.0. The van der Waals surface area contributed by atoms with Crippen molar-refractivity contribution in [3.05, 3.63) is 28.6 Å². The average molecular weight is 311 g/mol. The van der Waals surface area contributed by atoms with Crippen LogP contribution in [0.1, 0.15) is 44.9 Å². The molecule has 0 aliphatic heterocycles. The molecule has 0 saturated heterocycles. The van der Waals surface area contributed by atoms with E-state index in [1.165, 1.54) is 0 Å². The lowest BCUT2D eigenvalue weighted by molar-refractivity contribution is 0.551. The summed E-state index contributed by atoms with van der Waals surface area (Å²) >= 11 is 6.41. The van der Waals surface area contributed by atoms with Gasteiger partial charge in [0.15, 0.2) is 5.82 Å². The Bertz CT molecular complexity index is 586. The summed E-state index contributed by atoms with van der Waals surface area (Å²) in [6.45, 7) is 10.4. The topological polar surface area (TPSA) is 60.6 Å². The van der Waals surface area contributed by atoms with E-state index in [4.69, 9.17) is 11.6 Å². The minimum absolute atomic E-state index is 0.417. The van der Waals surface area contributed by atoms with Crippen molar-refractivity contribution in [3.8, 4) is 0 Å². The maximum atomic E-state index is 6.41. The van der Waals surface area contributed by atoms with Crippen molar-refractivity contribution in [3.63, 3.8) is 0 Å². The van der Waals surface area contributed by atoms with Crippen molar-refractivity contribution in [2.75, 3.05) is 0 Å². The molecule has 0 radical (unpaired) electrons. The van der Waals surface area contributed by atoms with Gasteiger partial charge in [0.1, 0.15) is 6.33 Å². The molecule has 0 aliphatic rings. The zero-order chi connectivity index (χ0) is 15.4. The third-order valence-electron chi connectivity index (χ3n) is 3.26. The van der Waals surface area contributed by atoms with Crippen LogP contribution in [-0.2, 0) is 26.1 Å². The Hall–Kier alpha value is -1.40. The monoisotopic (exact) mass is 310 g/mol. The molecular formula is C14H23ClN6. The molecule has 1 N–H and O–H groups in total. The van der Waals surface area contributed by atoms with Gasteiger partial charge in [0.2, 0.25) is 0 Å². The fourth-order valence-electron chi connectivity index (χ4n) is 2.11. The lowest BCUT2D eigenvalue weighted by Crippen LogP contribution is -2.22. The molecule has 6 nitrogen and oxygen atoms in total. The van der Waals surface area contributed by atoms with Gasteiger partial charge >= 0.3 is 0 Å². The van der Waals surface area contributed by atoms with Crippen LogP contribution in [0, 0.1) is 0 Å². The van der Waals surface area contributed by atoms with Crippen molar-refractivity contribution in [2.24, 2.45) is 0 Å². The lowest BCUT2D eigenvalue weighted by Gasteiger charge is -2.06. The molecule has 0 aliphatic carbocycles. The summed E-state index contributed by atoms with van der Waals surface area (Å²) in [5.41, 5.74) is 1.93. The summed E-state index contributed by atoms with van der Waals surface area (Å²) in [6, 6.07) is 0.417. The maximum absolute atomic E-state index is 6.41. The Labute approximate surface area is 130 Å². The van der Waals surface area contributed by atoms with Crippen LogP contribution < -0.4 is 5.32 Å². The molecule has 0 fully saturated rings. The molecule has 21 heavy (non-hydrogen) atoms. The maximum Gasteiger partial charge on any atom is 0.164 e. The van der Waals surface area contributed by atoms with Gasteiger partial charge in [-0.3, -0.25) is 4.68 Å². The van der Waals surface area contributed by atoms with Crippen LogP contribution in [-0.4, -0.2) is 30.6 Å². The molecule has 2 heterocycles. The van der Waals surface area contributed by atoms with E-state index < -0.39 is 0 Å². The summed E-state index contributed by atoms with van der Waals surface area (Å²) in [4.78, 5) is 4.31. The van der Waals surface area contributed by atoms with Crippen molar-refractivity contribution in [2.45, 2.75) is 59.8 Å². The highest BCUT2D eigenvalue weighted by Gasteiger charge is 2.15. The van der Waals surface area contributed by atoms with Crippen LogP contribution in [0.25, 0.3) is 0 Å². The van der Waals surface area contributed by atoms with Gasteiger partial charge in [0.25, 0.3) is 0 Å². The molecule has 0 saturated carbocycles. The zero-order valence-electron chi connectivity index (χ0n) is 13.1. The molecule has 0 bridgehead atoms. The highest BCUT2D eigenvalue weighted by molar-refractivity contribution is 6.31. The van der Waals surface area contributed by atoms with Crippen LogP contribution >= 0.6 is 11.6 Å². The van der Waals surface area contributed by atoms with Gasteiger partial charge in [0.05, 0.1) is 29.5 Å². The number of aromatic nitrogens is 5. The predicted molar refractivity (Wildman–Crippen MR) is 83.4 cm³/mol. The second-order valence-electron chi connectivity index (χ2n) is 5.27. The van der Waals surface area contributed by atoms with Crippen LogP contribution in [0.2, 0.25) is 5.02 Å². The van der Waals surface area contributed by atoms with Crippen LogP contribution in [0.4, 0.5) is 0 Å². The molecule has 0 spiro atoms. The number of rotatable bonds is 7. The molecule has 2 rings (SSSR count). The molecule has 2 aromatic rings. The second kappa shape index (κ2) is 7.04. The standard InChI is InChI=1S/C14H23ClN6/c1-5-11-14(15)12(21(6-2)18-11)8-20-9-17-13(19-20)7-16-10(3)4/h9-10,16H,5-8H2,1-4H3. The van der Waals surface area contributed by atoms with Crippen LogP contribution in [0.3, 0.4) is 0 Å². The van der Waals surface area contributed by atoms with Crippen LogP contribution in [0.15, 0.2) is 6.33 Å². The summed E-state index contributed by atoms with van der Waals surface area (Å²) in [5, 5.41) is 13.0. The average Bonchev–Trinajstić information content (AvgIpc) is 3.03. The fourth-order valence-corrected chi connectivity index (χ4v) is 2.44. The van der Waals surface area contributed by atoms with E-state index in [2.05, 4.69) is 48.2 Å². The van der Waals surface area contributed by atoms with Crippen LogP contribution in [0.5, 0.6) is 0 Å². The van der Waals surface area contributed by atoms with Crippen molar-refractivity contribution >= 4 is 11.6 Å². The highest BCUT2D eigenvalue weighted by Crippen LogP contribution is 2.22. The first-order valence-corrected chi connectivity index (χ1v) is 7.78. The normalized spacial score (nSPS) is 11.5. The van der Waals surface area contributed by atoms with Gasteiger partial charge in [-0.15, -0.1) is 0 Å². The fraction of sp³-hybridized carbons (Fsp3) is 0.643. The minimum Gasteiger partial charge on any atom is -0.308 e. The van der Waals surface area contributed by atoms with Gasteiger partial charge in [-0.1, -0.05) is 32.4 Å². The predicted octanol–water partition coefficient (Wildman–Crippen LogP) is 2.26. The molecular weight excluding hydrogens is 288 g/mol. The van der Waals surface area contributed by atoms with Gasteiger partial charge in [-0.05, 0) is 13.3 Å². The van der Waals surface area contributed by atoms with Gasteiger partial charge < -0.3 is 5.32 Å². The van der Waals surface area contributed by atoms with E-state index in [0.717, 1.165) is 35.2 Å². The lowest BCUT2D eigenvalue weighted by atomic mass is 10.3. The van der Waals surface area contributed by atoms with Gasteiger partial charge in [-0.2, -0.15) is 10.2 Å². The Morgan fingerprint density at radius 3 is 2.67 bits per heavy atom. The first-order valence-electron chi connectivity index (χ1n) is 7.40. The SMILES string of the molecule is CCc1nn(CC)c(Cn2cnc(CNC(C)C)n2)c1Cl. The zero-order valence-corrected chi connectivity index (χ0v) is 13.9. The Kier molecular flexibility index (Phi) is 5.36. The summed E-state index contributed by atoms with van der Waals surface area (Å²) in [7, 11) is 0. The highest BCUT2D eigenvalue weighted by atomic mass is 35.5. The second-order valence-corrected chi connectivity index (χ2v) is 5.65. The number of halogens is 1. The third kappa shape index (κ3) is 3.83. The number of nitrogens with one attached hydrogen (secondary N) is 1. The molecule has 0 amide bonds. The van der Waals surface area contributed by atoms with E-state index in [-0.39, 0.29) is 0 Å². The summed E-state index contributed by atoms with van der Waals surface area (Å²) in [6.07, 6.45) is 2.58. The van der Waals surface area contributed by atoms with Gasteiger partial charge in [0, 0.05) is 12.6 Å². The first-order chi connectivity index (χ1) is 10.0. The number of aryl methyl sites for hydroxylation is 2. The van der Waals surface area contributed by atoms with Crippen molar-refractivity contribution < 1.29 is 0 Å². The molecule has 116 valence electrons. The molecule has 2 aromatic heterocycles. The summed E-state index contributed by atoms with van der Waals surface area (Å²) in [5.74, 6) is 0.790. The quantitative estimate of drug-likeness (QED) is 0.852. The van der Waals surface area contributed by atoms with E-state index >= 15 is 0 Å². The third-order valence-corrected chi connectivity index (χ3v) is 3.69. The van der Waals surface area contributed by atoms with Crippen molar-refractivity contribution in [1.82, 2.24) is 29.9 Å². The smallest absolute Gasteiger partial charge is 0.164 e. The minimum atomic E-state index is 0.417. The molecule has 7 heteroatoms. The van der Waals surface area contributed by atoms with E-state index in [0.29, 0.717) is 19.1 Å². The van der Waals surface area contributed by atoms with Crippen molar-refractivity contribution in [1.29, 1.82) is 0 Å². The number of hydrogen-bond acceptors (Lipinski definition) is 4. The molecule has 0 atom stereocenters. The largest absolute Gasteiger partial charge is 0.308 e. The van der Waals surface area contributed by atoms with Gasteiger partial charge in [-0.25, -0.2) is 9.67 Å². The van der Waals surface area contributed by atoms with E-state index in [1.807, 2.05) is 9.36 Å². The Morgan fingerprint density at radius 1 is 1.29 bits per heavy atom. The number of hydrogen-bond donors (Lipinski definition) is 1. The van der Waals surface area contributed by atoms with E-state index in [9.17, 15) is 0 Å². The molecule has 0 unspecified atom stereocenters.